The monoisotopic (exact) mass is 549 g/mol. The number of benzene rings is 2. The summed E-state index contributed by atoms with van der Waals surface area (Å²) in [6, 6.07) is 8.28. The Morgan fingerprint density at radius 3 is 2.55 bits per heavy atom. The van der Waals surface area contributed by atoms with Crippen LogP contribution >= 0.6 is 11.6 Å². The summed E-state index contributed by atoms with van der Waals surface area (Å²) in [5, 5.41) is 8.84. The molecule has 0 saturated heterocycles. The largest absolute Gasteiger partial charge is 0.496 e. The number of hydrogen-bond acceptors (Lipinski definition) is 5. The fourth-order valence-corrected chi connectivity index (χ4v) is 4.51. The Kier molecular flexibility index (Phi) is 6.66. The van der Waals surface area contributed by atoms with E-state index in [1.807, 2.05) is 0 Å². The number of anilines is 2. The summed E-state index contributed by atoms with van der Waals surface area (Å²) in [5.41, 5.74) is 0.413. The fraction of sp³-hybridized carbons (Fsp3) is 0.423. The van der Waals surface area contributed by atoms with Crippen LogP contribution in [-0.4, -0.2) is 41.2 Å². The van der Waals surface area contributed by atoms with Gasteiger partial charge in [0, 0.05) is 26.2 Å². The van der Waals surface area contributed by atoms with Gasteiger partial charge in [0.1, 0.15) is 11.2 Å². The van der Waals surface area contributed by atoms with Gasteiger partial charge >= 0.3 is 6.18 Å². The van der Waals surface area contributed by atoms with Crippen LogP contribution < -0.4 is 20.7 Å². The van der Waals surface area contributed by atoms with E-state index in [1.165, 1.54) is 7.11 Å². The Bertz CT molecular complexity index is 1410. The van der Waals surface area contributed by atoms with Crippen LogP contribution in [0.1, 0.15) is 41.6 Å². The predicted molar refractivity (Wildman–Crippen MR) is 137 cm³/mol. The number of rotatable bonds is 9. The lowest BCUT2D eigenvalue weighted by atomic mass is 10.1. The number of methoxy groups -OCH3 is 1. The van der Waals surface area contributed by atoms with Crippen LogP contribution in [-0.2, 0) is 18.4 Å². The maximum Gasteiger partial charge on any atom is 0.403 e. The zero-order valence-corrected chi connectivity index (χ0v) is 21.6. The van der Waals surface area contributed by atoms with Crippen LogP contribution in [0.3, 0.4) is 0 Å². The number of hydrogen-bond donors (Lipinski definition) is 3. The van der Waals surface area contributed by atoms with Crippen molar-refractivity contribution in [2.24, 2.45) is 18.4 Å². The molecule has 5 rings (SSSR count). The van der Waals surface area contributed by atoms with Crippen LogP contribution in [0.15, 0.2) is 30.3 Å². The van der Waals surface area contributed by atoms with Crippen molar-refractivity contribution < 1.29 is 27.5 Å². The summed E-state index contributed by atoms with van der Waals surface area (Å²) in [4.78, 5) is 29.6. The van der Waals surface area contributed by atoms with E-state index in [-0.39, 0.29) is 25.3 Å². The SMILES string of the molecule is COc1cc2c(cc1C(=O)NCC1CC1)nc(Nc1cc(CNC(=O)C3(C(F)(F)F)CC3)ccc1Cl)n2C. The van der Waals surface area contributed by atoms with Gasteiger partial charge in [0.25, 0.3) is 5.91 Å². The molecule has 202 valence electrons. The summed E-state index contributed by atoms with van der Waals surface area (Å²) in [6.07, 6.45) is -2.72. The Balaban J connectivity index is 1.34. The van der Waals surface area contributed by atoms with Crippen LogP contribution in [0.4, 0.5) is 24.8 Å². The van der Waals surface area contributed by atoms with E-state index in [4.69, 9.17) is 16.3 Å². The predicted octanol–water partition coefficient (Wildman–Crippen LogP) is 5.08. The van der Waals surface area contributed by atoms with Gasteiger partial charge in [-0.25, -0.2) is 4.98 Å². The van der Waals surface area contributed by atoms with Crippen LogP contribution in [0.2, 0.25) is 5.02 Å². The molecule has 1 aromatic heterocycles. The number of ether oxygens (including phenoxy) is 1. The highest BCUT2D eigenvalue weighted by atomic mass is 35.5. The van der Waals surface area contributed by atoms with Gasteiger partial charge < -0.3 is 25.3 Å². The smallest absolute Gasteiger partial charge is 0.403 e. The van der Waals surface area contributed by atoms with Crippen molar-refractivity contribution in [1.82, 2.24) is 20.2 Å². The minimum absolute atomic E-state index is 0.0818. The third-order valence-corrected chi connectivity index (χ3v) is 7.48. The second kappa shape index (κ2) is 9.68. The molecule has 12 heteroatoms. The molecule has 1 heterocycles. The minimum atomic E-state index is -4.57. The quantitative estimate of drug-likeness (QED) is 0.346. The summed E-state index contributed by atoms with van der Waals surface area (Å²) in [7, 11) is 3.28. The lowest BCUT2D eigenvalue weighted by Gasteiger charge is -2.18. The van der Waals surface area contributed by atoms with Crippen molar-refractivity contribution in [2.45, 2.75) is 38.4 Å². The normalized spacial score (nSPS) is 16.3. The zero-order valence-electron chi connectivity index (χ0n) is 20.8. The lowest BCUT2D eigenvalue weighted by molar-refractivity contribution is -0.192. The van der Waals surface area contributed by atoms with Crippen molar-refractivity contribution >= 4 is 46.1 Å². The second-order valence-electron chi connectivity index (χ2n) is 9.89. The molecule has 0 bridgehead atoms. The van der Waals surface area contributed by atoms with Gasteiger partial charge in [0.2, 0.25) is 11.9 Å². The third-order valence-electron chi connectivity index (χ3n) is 7.15. The van der Waals surface area contributed by atoms with E-state index < -0.39 is 17.5 Å². The van der Waals surface area contributed by atoms with Gasteiger partial charge in [-0.2, -0.15) is 13.2 Å². The number of carbonyl (C=O) groups excluding carboxylic acids is 2. The first-order valence-electron chi connectivity index (χ1n) is 12.3. The van der Waals surface area contributed by atoms with Crippen molar-refractivity contribution in [3.8, 4) is 5.75 Å². The molecule has 0 atom stereocenters. The van der Waals surface area contributed by atoms with Gasteiger partial charge in [0.05, 0.1) is 34.4 Å². The Labute approximate surface area is 221 Å². The molecule has 0 radical (unpaired) electrons. The molecule has 0 aliphatic heterocycles. The number of aromatic nitrogens is 2. The highest BCUT2D eigenvalue weighted by Crippen LogP contribution is 2.57. The zero-order chi connectivity index (χ0) is 27.2. The molecule has 8 nitrogen and oxygen atoms in total. The third kappa shape index (κ3) is 4.99. The van der Waals surface area contributed by atoms with Gasteiger partial charge in [-0.1, -0.05) is 17.7 Å². The number of aryl methyl sites for hydroxylation is 1. The molecule has 3 aromatic rings. The summed E-state index contributed by atoms with van der Waals surface area (Å²) >= 11 is 6.37. The standard InChI is InChI=1S/C26H27ClF3N5O3/c1-35-20-11-21(38-2)16(22(36)31-12-14-3-4-14)10-19(20)34-24(35)33-18-9-15(5-6-17(18)27)13-32-23(37)25(7-8-25)26(28,29)30/h5-6,9-11,14H,3-4,7-8,12-13H2,1-2H3,(H,31,36)(H,32,37)(H,33,34). The molecule has 2 aliphatic rings. The Hall–Kier alpha value is -3.47. The number of carbonyl (C=O) groups is 2. The van der Waals surface area contributed by atoms with Gasteiger partial charge in [-0.05, 0) is 55.4 Å². The number of nitrogens with zero attached hydrogens (tertiary/aromatic N) is 2. The van der Waals surface area contributed by atoms with Gasteiger partial charge in [-0.15, -0.1) is 0 Å². The molecule has 0 spiro atoms. The van der Waals surface area contributed by atoms with Gasteiger partial charge in [0.15, 0.2) is 0 Å². The number of amides is 2. The molecule has 0 unspecified atom stereocenters. The molecule has 2 fully saturated rings. The van der Waals surface area contributed by atoms with Crippen molar-refractivity contribution in [1.29, 1.82) is 0 Å². The van der Waals surface area contributed by atoms with E-state index in [1.54, 1.807) is 41.9 Å². The number of imidazole rings is 1. The maximum atomic E-state index is 13.2. The highest BCUT2D eigenvalue weighted by Gasteiger charge is 2.68. The Morgan fingerprint density at radius 2 is 1.92 bits per heavy atom. The highest BCUT2D eigenvalue weighted by molar-refractivity contribution is 6.33. The first-order valence-corrected chi connectivity index (χ1v) is 12.6. The van der Waals surface area contributed by atoms with E-state index in [9.17, 15) is 22.8 Å². The average Bonchev–Trinajstić information content (AvgIpc) is 3.80. The molecule has 3 N–H and O–H groups in total. The topological polar surface area (TPSA) is 97.3 Å². The summed E-state index contributed by atoms with van der Waals surface area (Å²) in [6.45, 7) is 0.545. The fourth-order valence-electron chi connectivity index (χ4n) is 4.35. The van der Waals surface area contributed by atoms with Crippen LogP contribution in [0.25, 0.3) is 11.0 Å². The molecule has 2 aromatic carbocycles. The first-order chi connectivity index (χ1) is 18.0. The number of fused-ring (bicyclic) bond motifs is 1. The molecular weight excluding hydrogens is 523 g/mol. The van der Waals surface area contributed by atoms with E-state index in [2.05, 4.69) is 20.9 Å². The van der Waals surface area contributed by atoms with Crippen LogP contribution in [0.5, 0.6) is 5.75 Å². The van der Waals surface area contributed by atoms with Gasteiger partial charge in [-0.3, -0.25) is 9.59 Å². The summed E-state index contributed by atoms with van der Waals surface area (Å²) < 4.78 is 46.9. The minimum Gasteiger partial charge on any atom is -0.496 e. The average molecular weight is 550 g/mol. The van der Waals surface area contributed by atoms with Crippen molar-refractivity contribution in [3.63, 3.8) is 0 Å². The Morgan fingerprint density at radius 1 is 1.18 bits per heavy atom. The van der Waals surface area contributed by atoms with Crippen LogP contribution in [0, 0.1) is 11.3 Å². The second-order valence-corrected chi connectivity index (χ2v) is 10.3. The number of alkyl halides is 3. The molecule has 2 saturated carbocycles. The number of nitrogens with one attached hydrogen (secondary N) is 3. The summed E-state index contributed by atoms with van der Waals surface area (Å²) in [5.74, 6) is 0.133. The molecule has 2 aliphatic carbocycles. The van der Waals surface area contributed by atoms with E-state index in [0.29, 0.717) is 57.0 Å². The van der Waals surface area contributed by atoms with Crippen molar-refractivity contribution in [2.75, 3.05) is 19.0 Å². The molecule has 38 heavy (non-hydrogen) atoms. The molecule has 2 amide bonds. The van der Waals surface area contributed by atoms with E-state index in [0.717, 1.165) is 12.8 Å². The maximum absolute atomic E-state index is 13.2. The van der Waals surface area contributed by atoms with E-state index >= 15 is 0 Å². The van der Waals surface area contributed by atoms with Crippen molar-refractivity contribution in [3.05, 3.63) is 46.5 Å². The molecular formula is C26H27ClF3N5O3. The lowest BCUT2D eigenvalue weighted by Crippen LogP contribution is -2.40. The number of halogens is 4. The first kappa shape index (κ1) is 26.1.